The number of phenols is 1. The molecule has 0 aliphatic heterocycles. The highest BCUT2D eigenvalue weighted by Crippen LogP contribution is 2.32. The average Bonchev–Trinajstić information content (AvgIpc) is 2.92. The third kappa shape index (κ3) is 3.02. The molecule has 0 saturated heterocycles. The minimum absolute atomic E-state index is 0.191. The lowest BCUT2D eigenvalue weighted by molar-refractivity contribution is -0.149. The van der Waals surface area contributed by atoms with Crippen LogP contribution in [0.2, 0.25) is 0 Å². The summed E-state index contributed by atoms with van der Waals surface area (Å²) in [5.74, 6) is -0.0461. The molecule has 1 heterocycles. The lowest BCUT2D eigenvalue weighted by Crippen LogP contribution is -2.36. The zero-order chi connectivity index (χ0) is 14.6. The van der Waals surface area contributed by atoms with Crippen LogP contribution in [-0.4, -0.2) is 17.7 Å². The first kappa shape index (κ1) is 14.6. The van der Waals surface area contributed by atoms with E-state index in [4.69, 9.17) is 4.74 Å². The molecule has 2 rings (SSSR count). The van der Waals surface area contributed by atoms with Crippen molar-refractivity contribution in [2.24, 2.45) is 0 Å². The number of hydrogen-bond donors (Lipinski definition) is 1. The summed E-state index contributed by atoms with van der Waals surface area (Å²) in [6, 6.07) is 10.7. The van der Waals surface area contributed by atoms with Gasteiger partial charge in [-0.2, -0.15) is 0 Å². The van der Waals surface area contributed by atoms with Crippen molar-refractivity contribution in [2.75, 3.05) is 6.61 Å². The molecule has 2 aromatic rings. The summed E-state index contributed by atoms with van der Waals surface area (Å²) in [5, 5.41) is 11.4. The van der Waals surface area contributed by atoms with Gasteiger partial charge in [0, 0.05) is 11.3 Å². The van der Waals surface area contributed by atoms with Crippen molar-refractivity contribution in [3.8, 4) is 5.75 Å². The highest BCUT2D eigenvalue weighted by molar-refractivity contribution is 7.09. The molecule has 0 radical (unpaired) electrons. The van der Waals surface area contributed by atoms with E-state index in [1.54, 1.807) is 42.5 Å². The summed E-state index contributed by atoms with van der Waals surface area (Å²) in [4.78, 5) is 13.5. The van der Waals surface area contributed by atoms with Crippen molar-refractivity contribution in [2.45, 2.75) is 25.7 Å². The minimum Gasteiger partial charge on any atom is -0.508 e. The maximum atomic E-state index is 12.4. The van der Waals surface area contributed by atoms with Gasteiger partial charge in [0.1, 0.15) is 5.75 Å². The van der Waals surface area contributed by atoms with Gasteiger partial charge in [0.05, 0.1) is 12.0 Å². The van der Waals surface area contributed by atoms with Crippen LogP contribution in [0.4, 0.5) is 0 Å². The lowest BCUT2D eigenvalue weighted by atomic mass is 9.79. The smallest absolute Gasteiger partial charge is 0.316 e. The number of esters is 1. The molecule has 0 saturated carbocycles. The first-order chi connectivity index (χ1) is 9.56. The van der Waals surface area contributed by atoms with Crippen LogP contribution in [-0.2, 0) is 21.4 Å². The molecule has 106 valence electrons. The third-order valence-electron chi connectivity index (χ3n) is 3.34. The molecule has 0 aliphatic carbocycles. The fourth-order valence-electron chi connectivity index (χ4n) is 2.17. The Morgan fingerprint density at radius 2 is 2.00 bits per heavy atom. The van der Waals surface area contributed by atoms with Crippen molar-refractivity contribution in [1.29, 1.82) is 0 Å². The van der Waals surface area contributed by atoms with Crippen molar-refractivity contribution < 1.29 is 14.6 Å². The molecule has 1 unspecified atom stereocenters. The molecule has 20 heavy (non-hydrogen) atoms. The summed E-state index contributed by atoms with van der Waals surface area (Å²) in [7, 11) is 0. The van der Waals surface area contributed by atoms with Crippen LogP contribution in [0, 0.1) is 0 Å². The van der Waals surface area contributed by atoms with Crippen LogP contribution in [0.5, 0.6) is 5.75 Å². The van der Waals surface area contributed by atoms with Gasteiger partial charge in [0.25, 0.3) is 0 Å². The Hall–Kier alpha value is -1.81. The van der Waals surface area contributed by atoms with Gasteiger partial charge >= 0.3 is 5.97 Å². The molecule has 1 atom stereocenters. The molecule has 4 heteroatoms. The van der Waals surface area contributed by atoms with Gasteiger partial charge < -0.3 is 9.84 Å². The van der Waals surface area contributed by atoms with Crippen LogP contribution in [0.15, 0.2) is 41.8 Å². The Morgan fingerprint density at radius 1 is 1.30 bits per heavy atom. The number of hydrogen-bond acceptors (Lipinski definition) is 4. The molecule has 0 fully saturated rings. The second-order valence-corrected chi connectivity index (χ2v) is 5.89. The second kappa shape index (κ2) is 6.09. The maximum Gasteiger partial charge on any atom is 0.316 e. The summed E-state index contributed by atoms with van der Waals surface area (Å²) in [6.45, 7) is 4.05. The van der Waals surface area contributed by atoms with Crippen LogP contribution in [0.3, 0.4) is 0 Å². The fraction of sp³-hybridized carbons (Fsp3) is 0.312. The SMILES string of the molecule is CCOC(=O)C(C)(Cc1cccs1)c1ccc(O)cc1. The van der Waals surface area contributed by atoms with E-state index in [1.165, 1.54) is 0 Å². The Kier molecular flexibility index (Phi) is 4.45. The van der Waals surface area contributed by atoms with Crippen molar-refractivity contribution in [3.05, 3.63) is 52.2 Å². The first-order valence-corrected chi connectivity index (χ1v) is 7.43. The number of benzene rings is 1. The van der Waals surface area contributed by atoms with Gasteiger partial charge in [-0.15, -0.1) is 11.3 Å². The Bertz CT molecular complexity index is 560. The summed E-state index contributed by atoms with van der Waals surface area (Å²) in [5.41, 5.74) is 0.108. The summed E-state index contributed by atoms with van der Waals surface area (Å²) >= 11 is 1.63. The minimum atomic E-state index is -0.742. The number of thiophene rings is 1. The van der Waals surface area contributed by atoms with Crippen molar-refractivity contribution in [1.82, 2.24) is 0 Å². The molecule has 1 aromatic heterocycles. The number of rotatable bonds is 5. The highest BCUT2D eigenvalue weighted by Gasteiger charge is 2.37. The molecular formula is C16H18O3S. The standard InChI is InChI=1S/C16H18O3S/c1-3-19-15(18)16(2,11-14-5-4-10-20-14)12-6-8-13(17)9-7-12/h4-10,17H,3,11H2,1-2H3. The number of ether oxygens (including phenoxy) is 1. The normalized spacial score (nSPS) is 13.7. The number of phenolic OH excluding ortho intramolecular Hbond substituents is 1. The number of carbonyl (C=O) groups is 1. The molecule has 3 nitrogen and oxygen atoms in total. The van der Waals surface area contributed by atoms with Crippen LogP contribution in [0.25, 0.3) is 0 Å². The largest absolute Gasteiger partial charge is 0.508 e. The van der Waals surface area contributed by atoms with Gasteiger partial charge in [-0.25, -0.2) is 0 Å². The third-order valence-corrected chi connectivity index (χ3v) is 4.21. The van der Waals surface area contributed by atoms with E-state index in [1.807, 2.05) is 24.4 Å². The van der Waals surface area contributed by atoms with E-state index >= 15 is 0 Å². The zero-order valence-corrected chi connectivity index (χ0v) is 12.4. The van der Waals surface area contributed by atoms with Crippen LogP contribution in [0.1, 0.15) is 24.3 Å². The summed E-state index contributed by atoms with van der Waals surface area (Å²) in [6.07, 6.45) is 0.592. The van der Waals surface area contributed by atoms with Crippen LogP contribution >= 0.6 is 11.3 Å². The average molecular weight is 290 g/mol. The monoisotopic (exact) mass is 290 g/mol. The van der Waals surface area contributed by atoms with Gasteiger partial charge in [0.15, 0.2) is 0 Å². The Balaban J connectivity index is 2.37. The number of aromatic hydroxyl groups is 1. The predicted molar refractivity (Wildman–Crippen MR) is 80.1 cm³/mol. The van der Waals surface area contributed by atoms with Crippen molar-refractivity contribution in [3.63, 3.8) is 0 Å². The topological polar surface area (TPSA) is 46.5 Å². The van der Waals surface area contributed by atoms with E-state index in [0.29, 0.717) is 13.0 Å². The van der Waals surface area contributed by atoms with E-state index in [-0.39, 0.29) is 11.7 Å². The number of carbonyl (C=O) groups excluding carboxylic acids is 1. The van der Waals surface area contributed by atoms with Crippen molar-refractivity contribution >= 4 is 17.3 Å². The molecule has 0 spiro atoms. The van der Waals surface area contributed by atoms with E-state index in [9.17, 15) is 9.90 Å². The van der Waals surface area contributed by atoms with E-state index in [2.05, 4.69) is 0 Å². The zero-order valence-electron chi connectivity index (χ0n) is 11.6. The predicted octanol–water partition coefficient (Wildman–Crippen LogP) is 3.52. The van der Waals surface area contributed by atoms with Gasteiger partial charge in [0.2, 0.25) is 0 Å². The van der Waals surface area contributed by atoms with Gasteiger partial charge in [-0.05, 0) is 43.0 Å². The quantitative estimate of drug-likeness (QED) is 0.857. The maximum absolute atomic E-state index is 12.4. The molecule has 0 bridgehead atoms. The first-order valence-electron chi connectivity index (χ1n) is 6.55. The molecular weight excluding hydrogens is 272 g/mol. The molecule has 0 amide bonds. The second-order valence-electron chi connectivity index (χ2n) is 4.86. The molecule has 0 aliphatic rings. The summed E-state index contributed by atoms with van der Waals surface area (Å²) < 4.78 is 5.24. The lowest BCUT2D eigenvalue weighted by Gasteiger charge is -2.27. The van der Waals surface area contributed by atoms with E-state index < -0.39 is 5.41 Å². The Morgan fingerprint density at radius 3 is 2.55 bits per heavy atom. The molecule has 1 N–H and O–H groups in total. The fourth-order valence-corrected chi connectivity index (χ4v) is 3.03. The van der Waals surface area contributed by atoms with E-state index in [0.717, 1.165) is 10.4 Å². The van der Waals surface area contributed by atoms with Gasteiger partial charge in [-0.3, -0.25) is 4.79 Å². The van der Waals surface area contributed by atoms with Crippen LogP contribution < -0.4 is 0 Å². The Labute approximate surface area is 122 Å². The highest BCUT2D eigenvalue weighted by atomic mass is 32.1. The van der Waals surface area contributed by atoms with Gasteiger partial charge in [-0.1, -0.05) is 18.2 Å². The molecule has 1 aromatic carbocycles.